The molecule has 196 valence electrons. The number of alkyl halides is 6. The first-order valence-electron chi connectivity index (χ1n) is 10.8. The van der Waals surface area contributed by atoms with Gasteiger partial charge in [0.15, 0.2) is 5.52 Å². The molecule has 2 rings (SSSR count). The first-order valence-corrected chi connectivity index (χ1v) is 11.8. The predicted molar refractivity (Wildman–Crippen MR) is 130 cm³/mol. The molecule has 1 atom stereocenters. The van der Waals surface area contributed by atoms with Crippen LogP contribution in [0.1, 0.15) is 63.0 Å². The fourth-order valence-electron chi connectivity index (χ4n) is 3.17. The fraction of sp³-hybridized carbons (Fsp3) is 0.458. The molecule has 0 N–H and O–H groups in total. The third-order valence-electron chi connectivity index (χ3n) is 4.28. The standard InChI is InChI=1S/C24H27F6O4P.Li.H/c1-12(2)32-15-10-18(33-13(3)4)21(19(11-15)34-14(5)6)35-22(31)20-16(23(25,26)27)8-7-9-17(20)24(28,29)30;;/h7-14,35H,1-6H3;;. The molecule has 0 aliphatic carbocycles. The van der Waals surface area contributed by atoms with Crippen LogP contribution in [0.3, 0.4) is 0 Å². The van der Waals surface area contributed by atoms with Gasteiger partial charge in [0.2, 0.25) is 0 Å². The van der Waals surface area contributed by atoms with Crippen molar-refractivity contribution in [3.63, 3.8) is 0 Å². The second-order valence-corrected chi connectivity index (χ2v) is 9.68. The van der Waals surface area contributed by atoms with E-state index in [4.69, 9.17) is 14.2 Å². The van der Waals surface area contributed by atoms with E-state index in [-0.39, 0.29) is 41.8 Å². The molecule has 0 aromatic heterocycles. The van der Waals surface area contributed by atoms with Gasteiger partial charge in [-0.25, -0.2) is 0 Å². The Bertz CT molecular complexity index is 989. The average molecular weight is 532 g/mol. The van der Waals surface area contributed by atoms with Gasteiger partial charge in [0.1, 0.15) is 17.2 Å². The van der Waals surface area contributed by atoms with Crippen LogP contribution in [0.5, 0.6) is 17.2 Å². The van der Waals surface area contributed by atoms with Crippen molar-refractivity contribution in [2.24, 2.45) is 0 Å². The van der Waals surface area contributed by atoms with Gasteiger partial charge in [-0.1, -0.05) is 6.07 Å². The van der Waals surface area contributed by atoms with Gasteiger partial charge in [-0.2, -0.15) is 26.3 Å². The van der Waals surface area contributed by atoms with Crippen molar-refractivity contribution in [2.45, 2.75) is 72.2 Å². The van der Waals surface area contributed by atoms with Gasteiger partial charge >= 0.3 is 31.2 Å². The average Bonchev–Trinajstić information content (AvgIpc) is 2.67. The molecule has 36 heavy (non-hydrogen) atoms. The van der Waals surface area contributed by atoms with Crippen molar-refractivity contribution >= 4 is 38.3 Å². The summed E-state index contributed by atoms with van der Waals surface area (Å²) in [5.74, 6) is 0.482. The zero-order valence-electron chi connectivity index (χ0n) is 20.0. The zero-order chi connectivity index (χ0) is 26.7. The van der Waals surface area contributed by atoms with E-state index in [0.29, 0.717) is 23.9 Å². The molecule has 12 heteroatoms. The van der Waals surface area contributed by atoms with Gasteiger partial charge < -0.3 is 14.2 Å². The summed E-state index contributed by atoms with van der Waals surface area (Å²) in [5, 5.41) is 0.0543. The number of benzene rings is 2. The summed E-state index contributed by atoms with van der Waals surface area (Å²) in [5.41, 5.74) is -6.08. The van der Waals surface area contributed by atoms with Gasteiger partial charge in [-0.05, 0) is 62.3 Å². The van der Waals surface area contributed by atoms with Crippen molar-refractivity contribution in [1.82, 2.24) is 0 Å². The number of halogens is 6. The number of carbonyl (C=O) groups is 1. The van der Waals surface area contributed by atoms with Crippen molar-refractivity contribution in [1.29, 1.82) is 0 Å². The Morgan fingerprint density at radius 3 is 1.47 bits per heavy atom. The van der Waals surface area contributed by atoms with E-state index in [9.17, 15) is 31.1 Å². The minimum absolute atomic E-state index is 0. The summed E-state index contributed by atoms with van der Waals surface area (Å²) >= 11 is 0. The van der Waals surface area contributed by atoms with Crippen molar-refractivity contribution in [2.75, 3.05) is 0 Å². The quantitative estimate of drug-likeness (QED) is 0.208. The van der Waals surface area contributed by atoms with Crippen LogP contribution in [0.4, 0.5) is 26.3 Å². The molecule has 0 aliphatic rings. The summed E-state index contributed by atoms with van der Waals surface area (Å²) in [6, 6.07) is 4.45. The van der Waals surface area contributed by atoms with Crippen LogP contribution >= 0.6 is 8.58 Å². The second kappa shape index (κ2) is 12.6. The molecule has 0 saturated heterocycles. The Kier molecular flexibility index (Phi) is 11.2. The number of rotatable bonds is 9. The summed E-state index contributed by atoms with van der Waals surface area (Å²) in [7, 11) is -1.15. The van der Waals surface area contributed by atoms with E-state index in [1.54, 1.807) is 41.5 Å². The van der Waals surface area contributed by atoms with Gasteiger partial charge in [0.25, 0.3) is 0 Å². The Morgan fingerprint density at radius 1 is 0.750 bits per heavy atom. The summed E-state index contributed by atoms with van der Waals surface area (Å²) in [4.78, 5) is 13.2. The molecule has 4 nitrogen and oxygen atoms in total. The molecule has 2 aromatic carbocycles. The Labute approximate surface area is 220 Å². The Balaban J connectivity index is 0.00000648. The van der Waals surface area contributed by atoms with Gasteiger partial charge in [0, 0.05) is 17.7 Å². The van der Waals surface area contributed by atoms with Crippen molar-refractivity contribution in [3.05, 3.63) is 47.0 Å². The first kappa shape index (κ1) is 32.1. The molecule has 0 radical (unpaired) electrons. The SMILES string of the molecule is CC(C)Oc1cc(OC(C)C)c(PC(=O)c2c(C(F)(F)F)cccc2C(F)(F)F)c(OC(C)C)c1.[LiH]. The normalized spacial score (nSPS) is 12.4. The van der Waals surface area contributed by atoms with Gasteiger partial charge in [0.05, 0.1) is 34.7 Å². The number of carbonyl (C=O) groups excluding carboxylic acids is 1. The maximum absolute atomic E-state index is 13.6. The Hall–Kier alpha value is -1.88. The molecule has 0 heterocycles. The van der Waals surface area contributed by atoms with Crippen LogP contribution in [0.15, 0.2) is 30.3 Å². The fourth-order valence-corrected chi connectivity index (χ4v) is 4.30. The van der Waals surface area contributed by atoms with Crippen LogP contribution in [-0.4, -0.2) is 42.7 Å². The molecular weight excluding hydrogens is 504 g/mol. The van der Waals surface area contributed by atoms with E-state index >= 15 is 0 Å². The molecule has 0 spiro atoms. The maximum atomic E-state index is 13.6. The van der Waals surface area contributed by atoms with Crippen LogP contribution in [0, 0.1) is 0 Å². The molecule has 1 unspecified atom stereocenters. The topological polar surface area (TPSA) is 44.8 Å². The van der Waals surface area contributed by atoms with E-state index in [1.807, 2.05) is 0 Å². The van der Waals surface area contributed by atoms with E-state index in [1.165, 1.54) is 12.1 Å². The predicted octanol–water partition coefficient (Wildman–Crippen LogP) is 6.58. The first-order chi connectivity index (χ1) is 16.0. The molecule has 2 aromatic rings. The second-order valence-electron chi connectivity index (χ2n) is 8.47. The summed E-state index contributed by atoms with van der Waals surface area (Å²) < 4.78 is 98.9. The molecule has 0 bridgehead atoms. The van der Waals surface area contributed by atoms with Crippen LogP contribution < -0.4 is 19.5 Å². The number of ether oxygens (including phenoxy) is 3. The van der Waals surface area contributed by atoms with E-state index < -0.39 is 55.4 Å². The monoisotopic (exact) mass is 532 g/mol. The van der Waals surface area contributed by atoms with Gasteiger partial charge in [-0.15, -0.1) is 0 Å². The number of hydrogen-bond acceptors (Lipinski definition) is 4. The molecule has 0 fully saturated rings. The zero-order valence-corrected chi connectivity index (χ0v) is 21.0. The molecule has 0 saturated carbocycles. The summed E-state index contributed by atoms with van der Waals surface area (Å²) in [6.07, 6.45) is -11.4. The van der Waals surface area contributed by atoms with E-state index in [2.05, 4.69) is 0 Å². The van der Waals surface area contributed by atoms with Gasteiger partial charge in [-0.3, -0.25) is 4.79 Å². The van der Waals surface area contributed by atoms with E-state index in [0.717, 1.165) is 0 Å². The number of hydrogen-bond donors (Lipinski definition) is 0. The van der Waals surface area contributed by atoms with Crippen molar-refractivity contribution < 1.29 is 45.3 Å². The van der Waals surface area contributed by atoms with Crippen LogP contribution in [-0.2, 0) is 12.4 Å². The third kappa shape index (κ3) is 8.60. The van der Waals surface area contributed by atoms with Crippen LogP contribution in [0.2, 0.25) is 0 Å². The summed E-state index contributed by atoms with van der Waals surface area (Å²) in [6.45, 7) is 10.3. The van der Waals surface area contributed by atoms with Crippen molar-refractivity contribution in [3.8, 4) is 17.2 Å². The molecule has 0 aliphatic heterocycles. The molecular formula is C24H28F6LiO4P. The third-order valence-corrected chi connectivity index (χ3v) is 5.50. The molecule has 0 amide bonds. The minimum atomic E-state index is -5.17. The Morgan fingerprint density at radius 2 is 1.14 bits per heavy atom. The van der Waals surface area contributed by atoms with Crippen LogP contribution in [0.25, 0.3) is 0 Å².